The van der Waals surface area contributed by atoms with E-state index in [0.29, 0.717) is 17.5 Å². The number of unbranched alkanes of at least 4 members (excludes halogenated alkanes) is 1. The summed E-state index contributed by atoms with van der Waals surface area (Å²) in [7, 11) is 0. The fourth-order valence-corrected chi connectivity index (χ4v) is 3.20. The minimum atomic E-state index is -4.60. The molecule has 0 atom stereocenters. The predicted molar refractivity (Wildman–Crippen MR) is 118 cm³/mol. The van der Waals surface area contributed by atoms with Crippen LogP contribution in [0.5, 0.6) is 5.75 Å². The second kappa shape index (κ2) is 10.9. The number of aromatic nitrogens is 5. The summed E-state index contributed by atoms with van der Waals surface area (Å²) < 4.78 is 64.6. The monoisotopic (exact) mass is 487 g/mol. The van der Waals surface area contributed by atoms with Gasteiger partial charge in [-0.25, -0.2) is 9.37 Å². The van der Waals surface area contributed by atoms with Crippen LogP contribution < -0.4 is 4.74 Å². The third-order valence-corrected chi connectivity index (χ3v) is 5.03. The lowest BCUT2D eigenvalue weighted by Gasteiger charge is -2.07. The minimum Gasteiger partial charge on any atom is -0.486 e. The number of hydrogen-bond acceptors (Lipinski definition) is 6. The lowest BCUT2D eigenvalue weighted by molar-refractivity contribution is -0.137. The highest BCUT2D eigenvalue weighted by atomic mass is 19.4. The maximum absolute atomic E-state index is 13.9. The van der Waals surface area contributed by atoms with Gasteiger partial charge in [-0.05, 0) is 49.6 Å². The molecule has 0 aliphatic carbocycles. The zero-order valence-electron chi connectivity index (χ0n) is 18.5. The Morgan fingerprint density at radius 1 is 1.06 bits per heavy atom. The van der Waals surface area contributed by atoms with Crippen LogP contribution in [-0.4, -0.2) is 25.0 Å². The first-order valence-corrected chi connectivity index (χ1v) is 10.8. The van der Waals surface area contributed by atoms with Crippen molar-refractivity contribution < 1.29 is 26.7 Å². The zero-order valence-corrected chi connectivity index (χ0v) is 18.5. The first kappa shape index (κ1) is 24.1. The van der Waals surface area contributed by atoms with E-state index in [1.54, 1.807) is 17.1 Å². The van der Waals surface area contributed by atoms with Crippen molar-refractivity contribution in [2.24, 2.45) is 0 Å². The Morgan fingerprint density at radius 2 is 1.94 bits per heavy atom. The van der Waals surface area contributed by atoms with Gasteiger partial charge in [-0.2, -0.15) is 13.2 Å². The second-order valence-corrected chi connectivity index (χ2v) is 7.64. The first-order chi connectivity index (χ1) is 16.9. The second-order valence-electron chi connectivity index (χ2n) is 7.64. The van der Waals surface area contributed by atoms with Crippen LogP contribution in [0.2, 0.25) is 0 Å². The van der Waals surface area contributed by atoms with Gasteiger partial charge in [0.05, 0.1) is 18.0 Å². The van der Waals surface area contributed by atoms with Gasteiger partial charge in [0.25, 0.3) is 0 Å². The van der Waals surface area contributed by atoms with Crippen molar-refractivity contribution in [1.82, 2.24) is 25.0 Å². The van der Waals surface area contributed by atoms with Crippen molar-refractivity contribution in [2.75, 3.05) is 0 Å². The molecule has 0 amide bonds. The molecule has 4 aromatic rings. The average molecular weight is 487 g/mol. The molecule has 3 heterocycles. The quantitative estimate of drug-likeness (QED) is 0.214. The van der Waals surface area contributed by atoms with Crippen LogP contribution in [-0.2, 0) is 25.7 Å². The largest absolute Gasteiger partial charge is 0.486 e. The highest BCUT2D eigenvalue weighted by molar-refractivity contribution is 5.66. The van der Waals surface area contributed by atoms with Crippen molar-refractivity contribution in [3.63, 3.8) is 0 Å². The van der Waals surface area contributed by atoms with Gasteiger partial charge < -0.3 is 9.15 Å². The summed E-state index contributed by atoms with van der Waals surface area (Å²) in [5.41, 5.74) is 0.391. The van der Waals surface area contributed by atoms with Gasteiger partial charge in [0, 0.05) is 30.1 Å². The molecule has 0 radical (unpaired) electrons. The topological polar surface area (TPSA) is 78.9 Å². The normalized spacial score (nSPS) is 11.9. The number of aryl methyl sites for hydroxylation is 2. The van der Waals surface area contributed by atoms with Gasteiger partial charge >= 0.3 is 6.18 Å². The lowest BCUT2D eigenvalue weighted by atomic mass is 10.1. The van der Waals surface area contributed by atoms with E-state index in [2.05, 4.69) is 20.3 Å². The molecule has 182 valence electrons. The van der Waals surface area contributed by atoms with E-state index >= 15 is 0 Å². The number of nitrogens with zero attached hydrogens (tertiary/aromatic N) is 5. The van der Waals surface area contributed by atoms with Crippen molar-refractivity contribution in [3.8, 4) is 5.75 Å². The van der Waals surface area contributed by atoms with Gasteiger partial charge in [0.1, 0.15) is 30.1 Å². The summed E-state index contributed by atoms with van der Waals surface area (Å²) in [5, 5.41) is 7.70. The summed E-state index contributed by atoms with van der Waals surface area (Å²) in [5.74, 6) is -0.247. The minimum absolute atomic E-state index is 0.0152. The summed E-state index contributed by atoms with van der Waals surface area (Å²) in [4.78, 5) is 8.61. The molecule has 35 heavy (non-hydrogen) atoms. The molecule has 11 heteroatoms. The number of benzene rings is 1. The van der Waals surface area contributed by atoms with E-state index in [-0.39, 0.29) is 18.1 Å². The molecule has 0 aliphatic rings. The molecule has 7 nitrogen and oxygen atoms in total. The molecule has 0 spiro atoms. The fourth-order valence-electron chi connectivity index (χ4n) is 3.20. The van der Waals surface area contributed by atoms with Gasteiger partial charge in [-0.3, -0.25) is 9.67 Å². The standard InChI is InChI=1S/C24H21F4N5O2/c25-22-13-18(24(26,27)28)6-4-17(22)5-9-23-31-20(16-35-23)15-34-21-8-7-19(29-14-21)3-1-2-11-33-12-10-30-32-33/h4-10,12-14,16H,1-3,11,15H2. The molecular formula is C24H21F4N5O2. The zero-order chi connectivity index (χ0) is 24.7. The SMILES string of the molecule is Fc1cc(C(F)(F)F)ccc1C=Cc1nc(COc2ccc(CCCCn3ccnn3)nc2)co1. The van der Waals surface area contributed by atoms with E-state index in [1.807, 2.05) is 18.3 Å². The Labute approximate surface area is 198 Å². The number of pyridine rings is 1. The van der Waals surface area contributed by atoms with E-state index in [0.717, 1.165) is 43.6 Å². The van der Waals surface area contributed by atoms with Gasteiger partial charge in [0.2, 0.25) is 5.89 Å². The van der Waals surface area contributed by atoms with Crippen LogP contribution in [0.4, 0.5) is 17.6 Å². The first-order valence-electron chi connectivity index (χ1n) is 10.8. The molecule has 0 aliphatic heterocycles. The Bertz CT molecular complexity index is 1250. The van der Waals surface area contributed by atoms with E-state index < -0.39 is 17.6 Å². The molecule has 0 saturated heterocycles. The molecule has 0 fully saturated rings. The third kappa shape index (κ3) is 6.98. The Hall–Kier alpha value is -4.02. The maximum atomic E-state index is 13.9. The molecule has 0 saturated carbocycles. The third-order valence-electron chi connectivity index (χ3n) is 5.03. The lowest BCUT2D eigenvalue weighted by Crippen LogP contribution is -2.05. The molecule has 0 unspecified atom stereocenters. The molecular weight excluding hydrogens is 466 g/mol. The van der Waals surface area contributed by atoms with Crippen LogP contribution in [0.25, 0.3) is 12.2 Å². The number of halogens is 4. The highest BCUT2D eigenvalue weighted by Gasteiger charge is 2.30. The van der Waals surface area contributed by atoms with Gasteiger partial charge in [-0.15, -0.1) is 5.10 Å². The van der Waals surface area contributed by atoms with Gasteiger partial charge in [0.15, 0.2) is 0 Å². The molecule has 4 rings (SSSR count). The molecule has 0 N–H and O–H groups in total. The van der Waals surface area contributed by atoms with Crippen LogP contribution >= 0.6 is 0 Å². The number of hydrogen-bond donors (Lipinski definition) is 0. The van der Waals surface area contributed by atoms with Crippen molar-refractivity contribution in [1.29, 1.82) is 0 Å². The predicted octanol–water partition coefficient (Wildman–Crippen LogP) is 5.59. The Kier molecular flexibility index (Phi) is 7.54. The van der Waals surface area contributed by atoms with E-state index in [9.17, 15) is 17.6 Å². The average Bonchev–Trinajstić information content (AvgIpc) is 3.52. The molecule has 3 aromatic heterocycles. The number of ether oxygens (including phenoxy) is 1. The van der Waals surface area contributed by atoms with Crippen molar-refractivity contribution in [3.05, 3.63) is 89.4 Å². The van der Waals surface area contributed by atoms with E-state index in [1.165, 1.54) is 18.4 Å². The summed E-state index contributed by atoms with van der Waals surface area (Å²) in [6.07, 6.45) is 7.36. The number of oxazole rings is 1. The number of alkyl halides is 3. The number of rotatable bonds is 10. The fraction of sp³-hybridized carbons (Fsp3) is 0.250. The van der Waals surface area contributed by atoms with Gasteiger partial charge in [-0.1, -0.05) is 11.3 Å². The maximum Gasteiger partial charge on any atom is 0.416 e. The summed E-state index contributed by atoms with van der Waals surface area (Å²) in [6, 6.07) is 6.05. The van der Waals surface area contributed by atoms with Crippen LogP contribution in [0.3, 0.4) is 0 Å². The molecule has 0 bridgehead atoms. The van der Waals surface area contributed by atoms with Crippen molar-refractivity contribution in [2.45, 2.75) is 38.6 Å². The van der Waals surface area contributed by atoms with Crippen LogP contribution in [0, 0.1) is 5.82 Å². The molecule has 1 aromatic carbocycles. The summed E-state index contributed by atoms with van der Waals surface area (Å²) in [6.45, 7) is 0.945. The van der Waals surface area contributed by atoms with Crippen molar-refractivity contribution >= 4 is 12.2 Å². The Balaban J connectivity index is 1.24. The van der Waals surface area contributed by atoms with Crippen LogP contribution in [0.1, 0.15) is 41.2 Å². The Morgan fingerprint density at radius 3 is 2.66 bits per heavy atom. The van der Waals surface area contributed by atoms with E-state index in [4.69, 9.17) is 9.15 Å². The highest BCUT2D eigenvalue weighted by Crippen LogP contribution is 2.30. The van der Waals surface area contributed by atoms with Crippen LogP contribution in [0.15, 0.2) is 59.6 Å². The summed E-state index contributed by atoms with van der Waals surface area (Å²) >= 11 is 0. The smallest absolute Gasteiger partial charge is 0.416 e.